The number of thiophene rings is 1. The van der Waals surface area contributed by atoms with Crippen molar-refractivity contribution in [3.05, 3.63) is 17.0 Å². The highest BCUT2D eigenvalue weighted by atomic mass is 35.7. The molecule has 0 spiro atoms. The second-order valence-electron chi connectivity index (χ2n) is 6.16. The van der Waals surface area contributed by atoms with Crippen molar-refractivity contribution in [2.75, 3.05) is 0 Å². The largest absolute Gasteiger partial charge is 0.351 e. The fraction of sp³-hybridized carbons (Fsp3) is 0.643. The van der Waals surface area contributed by atoms with Gasteiger partial charge in [-0.1, -0.05) is 26.7 Å². The Balaban J connectivity index is 1.96. The standard InChI is InChI=1S/C14H20ClNO3S2/c1-14(2)8-4-3-5-11(14)13(17)16-9-10-6-7-12(20-10)21(15,18)19/h6-7,11H,3-5,8-9H2,1-2H3,(H,16,17). The van der Waals surface area contributed by atoms with E-state index in [9.17, 15) is 13.2 Å². The lowest BCUT2D eigenvalue weighted by Crippen LogP contribution is -2.40. The van der Waals surface area contributed by atoms with Crippen molar-refractivity contribution in [3.8, 4) is 0 Å². The summed E-state index contributed by atoms with van der Waals surface area (Å²) in [6.07, 6.45) is 4.26. The zero-order chi connectivity index (χ0) is 15.7. The van der Waals surface area contributed by atoms with Crippen molar-refractivity contribution in [1.82, 2.24) is 5.32 Å². The highest BCUT2D eigenvalue weighted by molar-refractivity contribution is 8.15. The van der Waals surface area contributed by atoms with Gasteiger partial charge in [0, 0.05) is 21.5 Å². The Bertz CT molecular complexity index is 622. The monoisotopic (exact) mass is 349 g/mol. The van der Waals surface area contributed by atoms with E-state index in [0.717, 1.165) is 35.5 Å². The molecule has 1 fully saturated rings. The first kappa shape index (κ1) is 16.8. The number of halogens is 1. The third kappa shape index (κ3) is 4.20. The maximum atomic E-state index is 12.3. The molecule has 1 saturated carbocycles. The van der Waals surface area contributed by atoms with Crippen LogP contribution >= 0.6 is 22.0 Å². The van der Waals surface area contributed by atoms with Crippen LogP contribution < -0.4 is 5.32 Å². The van der Waals surface area contributed by atoms with Crippen LogP contribution in [0.1, 0.15) is 44.4 Å². The van der Waals surface area contributed by atoms with Gasteiger partial charge in [-0.3, -0.25) is 4.79 Å². The quantitative estimate of drug-likeness (QED) is 0.846. The number of nitrogens with one attached hydrogen (secondary N) is 1. The molecule has 1 aliphatic carbocycles. The van der Waals surface area contributed by atoms with E-state index in [2.05, 4.69) is 19.2 Å². The molecule has 1 aromatic rings. The van der Waals surface area contributed by atoms with Gasteiger partial charge in [-0.15, -0.1) is 11.3 Å². The van der Waals surface area contributed by atoms with Crippen LogP contribution in [-0.4, -0.2) is 14.3 Å². The first-order valence-corrected chi connectivity index (χ1v) is 10.1. The third-order valence-corrected chi connectivity index (χ3v) is 7.32. The molecule has 0 aliphatic heterocycles. The van der Waals surface area contributed by atoms with Crippen molar-refractivity contribution in [2.24, 2.45) is 11.3 Å². The van der Waals surface area contributed by atoms with E-state index in [-0.39, 0.29) is 21.4 Å². The van der Waals surface area contributed by atoms with Gasteiger partial charge in [0.2, 0.25) is 5.91 Å². The maximum absolute atomic E-state index is 12.3. The van der Waals surface area contributed by atoms with Crippen molar-refractivity contribution in [2.45, 2.75) is 50.3 Å². The number of hydrogen-bond donors (Lipinski definition) is 1. The minimum atomic E-state index is -3.68. The molecule has 1 atom stereocenters. The van der Waals surface area contributed by atoms with Gasteiger partial charge in [0.15, 0.2) is 0 Å². The Labute approximate surface area is 134 Å². The molecule has 1 N–H and O–H groups in total. The number of carbonyl (C=O) groups excluding carboxylic acids is 1. The molecular weight excluding hydrogens is 330 g/mol. The smallest absolute Gasteiger partial charge is 0.270 e. The summed E-state index contributed by atoms with van der Waals surface area (Å²) >= 11 is 1.09. The van der Waals surface area contributed by atoms with Gasteiger partial charge < -0.3 is 5.32 Å². The van der Waals surface area contributed by atoms with Crippen LogP contribution in [0.3, 0.4) is 0 Å². The van der Waals surface area contributed by atoms with Crippen molar-refractivity contribution in [3.63, 3.8) is 0 Å². The summed E-state index contributed by atoms with van der Waals surface area (Å²) in [7, 11) is 1.61. The van der Waals surface area contributed by atoms with E-state index in [0.29, 0.717) is 6.54 Å². The lowest BCUT2D eigenvalue weighted by molar-refractivity contribution is -0.130. The highest BCUT2D eigenvalue weighted by Gasteiger charge is 2.36. The predicted molar refractivity (Wildman–Crippen MR) is 84.9 cm³/mol. The van der Waals surface area contributed by atoms with Crippen molar-refractivity contribution >= 4 is 37.0 Å². The van der Waals surface area contributed by atoms with E-state index in [4.69, 9.17) is 10.7 Å². The van der Waals surface area contributed by atoms with Crippen molar-refractivity contribution in [1.29, 1.82) is 0 Å². The summed E-state index contributed by atoms with van der Waals surface area (Å²) in [4.78, 5) is 13.1. The molecule has 0 aromatic carbocycles. The summed E-state index contributed by atoms with van der Waals surface area (Å²) in [5.41, 5.74) is 0.0302. The molecule has 0 bridgehead atoms. The molecule has 2 rings (SSSR count). The molecule has 0 radical (unpaired) electrons. The van der Waals surface area contributed by atoms with E-state index in [1.807, 2.05) is 0 Å². The van der Waals surface area contributed by atoms with Crippen LogP contribution in [-0.2, 0) is 20.4 Å². The Kier molecular flexibility index (Phi) is 5.00. The van der Waals surface area contributed by atoms with E-state index in [1.54, 1.807) is 6.07 Å². The zero-order valence-electron chi connectivity index (χ0n) is 12.2. The molecule has 21 heavy (non-hydrogen) atoms. The van der Waals surface area contributed by atoms with Crippen LogP contribution in [0.4, 0.5) is 0 Å². The molecule has 0 saturated heterocycles. The predicted octanol–water partition coefficient (Wildman–Crippen LogP) is 3.51. The lowest BCUT2D eigenvalue weighted by atomic mass is 9.68. The molecule has 118 valence electrons. The molecule has 1 amide bonds. The minimum absolute atomic E-state index is 0.0300. The first-order valence-electron chi connectivity index (χ1n) is 7.01. The van der Waals surface area contributed by atoms with E-state index < -0.39 is 9.05 Å². The molecule has 1 unspecified atom stereocenters. The van der Waals surface area contributed by atoms with E-state index >= 15 is 0 Å². The zero-order valence-corrected chi connectivity index (χ0v) is 14.6. The molecule has 1 aromatic heterocycles. The van der Waals surface area contributed by atoms with Gasteiger partial charge >= 0.3 is 0 Å². The van der Waals surface area contributed by atoms with Gasteiger partial charge in [0.05, 0.1) is 6.54 Å². The number of carbonyl (C=O) groups is 1. The number of hydrogen-bond acceptors (Lipinski definition) is 4. The third-order valence-electron chi connectivity index (χ3n) is 4.14. The Hall–Kier alpha value is -0.590. The van der Waals surface area contributed by atoms with Crippen LogP contribution in [0.5, 0.6) is 0 Å². The average Bonchev–Trinajstić information content (AvgIpc) is 2.84. The summed E-state index contributed by atoms with van der Waals surface area (Å²) in [5, 5.41) is 2.92. The summed E-state index contributed by atoms with van der Waals surface area (Å²) < 4.78 is 22.5. The first-order chi connectivity index (χ1) is 9.70. The van der Waals surface area contributed by atoms with Crippen molar-refractivity contribution < 1.29 is 13.2 Å². The normalized spacial score (nSPS) is 22.0. The van der Waals surface area contributed by atoms with Gasteiger partial charge in [-0.25, -0.2) is 8.42 Å². The van der Waals surface area contributed by atoms with Gasteiger partial charge in [-0.2, -0.15) is 0 Å². The minimum Gasteiger partial charge on any atom is -0.351 e. The Morgan fingerprint density at radius 1 is 1.43 bits per heavy atom. The summed E-state index contributed by atoms with van der Waals surface area (Å²) in [6, 6.07) is 3.16. The van der Waals surface area contributed by atoms with Crippen LogP contribution in [0.15, 0.2) is 16.3 Å². The van der Waals surface area contributed by atoms with Crippen LogP contribution in [0, 0.1) is 11.3 Å². The second-order valence-corrected chi connectivity index (χ2v) is 10.1. The molecule has 1 heterocycles. The SMILES string of the molecule is CC1(C)CCCCC1C(=O)NCc1ccc(S(=O)(=O)Cl)s1. The maximum Gasteiger partial charge on any atom is 0.270 e. The van der Waals surface area contributed by atoms with E-state index in [1.165, 1.54) is 12.5 Å². The highest BCUT2D eigenvalue weighted by Crippen LogP contribution is 2.40. The molecular formula is C14H20ClNO3S2. The van der Waals surface area contributed by atoms with Gasteiger partial charge in [0.25, 0.3) is 9.05 Å². The fourth-order valence-electron chi connectivity index (χ4n) is 2.86. The molecule has 1 aliphatic rings. The fourth-order valence-corrected chi connectivity index (χ4v) is 4.92. The van der Waals surface area contributed by atoms with Crippen LogP contribution in [0.25, 0.3) is 0 Å². The molecule has 7 heteroatoms. The van der Waals surface area contributed by atoms with Crippen LogP contribution in [0.2, 0.25) is 0 Å². The Morgan fingerprint density at radius 3 is 2.71 bits per heavy atom. The topological polar surface area (TPSA) is 63.2 Å². The average molecular weight is 350 g/mol. The number of amides is 1. The lowest BCUT2D eigenvalue weighted by Gasteiger charge is -2.37. The molecule has 4 nitrogen and oxygen atoms in total. The van der Waals surface area contributed by atoms with Gasteiger partial charge in [0.1, 0.15) is 4.21 Å². The summed E-state index contributed by atoms with van der Waals surface area (Å²) in [5.74, 6) is 0.0887. The number of rotatable bonds is 4. The Morgan fingerprint density at radius 2 is 2.14 bits per heavy atom. The van der Waals surface area contributed by atoms with Gasteiger partial charge in [-0.05, 0) is 30.4 Å². The summed E-state index contributed by atoms with van der Waals surface area (Å²) in [6.45, 7) is 4.63. The second kappa shape index (κ2) is 6.26.